The van der Waals surface area contributed by atoms with E-state index in [0.717, 1.165) is 11.3 Å². The van der Waals surface area contributed by atoms with Gasteiger partial charge in [0.15, 0.2) is 0 Å². The zero-order chi connectivity index (χ0) is 21.1. The van der Waals surface area contributed by atoms with Crippen LogP contribution in [-0.4, -0.2) is 20.1 Å². The molecule has 0 atom stereocenters. The summed E-state index contributed by atoms with van der Waals surface area (Å²) in [7, 11) is 0. The lowest BCUT2D eigenvalue weighted by Crippen LogP contribution is -2.27. The number of hydrogen-bond donors (Lipinski definition) is 1. The number of fused-ring (bicyclic) bond motifs is 1. The van der Waals surface area contributed by atoms with Crippen molar-refractivity contribution in [1.29, 1.82) is 0 Å². The molecule has 1 amide bonds. The van der Waals surface area contributed by atoms with Gasteiger partial charge in [-0.25, -0.2) is 4.52 Å². The summed E-state index contributed by atoms with van der Waals surface area (Å²) in [5.74, 6) is 1.01. The van der Waals surface area contributed by atoms with Gasteiger partial charge in [-0.3, -0.25) is 9.59 Å². The van der Waals surface area contributed by atoms with Crippen LogP contribution >= 0.6 is 0 Å². The topological polar surface area (TPSA) is 81.5 Å². The predicted octanol–water partition coefficient (Wildman–Crippen LogP) is 3.59. The second-order valence-electron chi connectivity index (χ2n) is 7.54. The monoisotopic (exact) mass is 404 g/mol. The van der Waals surface area contributed by atoms with Crippen molar-refractivity contribution in [2.24, 2.45) is 0 Å². The molecule has 4 rings (SSSR count). The second-order valence-corrected chi connectivity index (χ2v) is 7.54. The van der Waals surface area contributed by atoms with Crippen molar-refractivity contribution in [3.8, 4) is 11.3 Å². The van der Waals surface area contributed by atoms with Crippen molar-refractivity contribution >= 4 is 11.4 Å². The first-order chi connectivity index (χ1) is 14.5. The molecule has 0 saturated heterocycles. The van der Waals surface area contributed by atoms with Gasteiger partial charge in [-0.1, -0.05) is 38.1 Å². The lowest BCUT2D eigenvalue weighted by atomic mass is 10.0. The normalized spacial score (nSPS) is 11.3. The highest BCUT2D eigenvalue weighted by atomic mass is 16.3. The van der Waals surface area contributed by atoms with Crippen LogP contribution in [0.2, 0.25) is 0 Å². The van der Waals surface area contributed by atoms with Crippen LogP contribution in [0.3, 0.4) is 0 Å². The third kappa shape index (κ3) is 4.20. The molecule has 30 heavy (non-hydrogen) atoms. The molecular weight excluding hydrogens is 380 g/mol. The molecule has 0 aliphatic heterocycles. The van der Waals surface area contributed by atoms with Crippen LogP contribution in [0.4, 0.5) is 0 Å². The fourth-order valence-corrected chi connectivity index (χ4v) is 3.29. The van der Waals surface area contributed by atoms with E-state index in [9.17, 15) is 9.59 Å². The number of benzene rings is 1. The van der Waals surface area contributed by atoms with Crippen molar-refractivity contribution in [3.05, 3.63) is 82.8 Å². The number of aryl methyl sites for hydroxylation is 1. The lowest BCUT2D eigenvalue weighted by Gasteiger charge is -2.06. The van der Waals surface area contributed by atoms with Gasteiger partial charge in [0.05, 0.1) is 18.5 Å². The summed E-state index contributed by atoms with van der Waals surface area (Å²) >= 11 is 0. The summed E-state index contributed by atoms with van der Waals surface area (Å²) in [6.07, 6.45) is 5.17. The Morgan fingerprint density at radius 3 is 2.67 bits per heavy atom. The summed E-state index contributed by atoms with van der Waals surface area (Å²) in [4.78, 5) is 24.9. The van der Waals surface area contributed by atoms with E-state index in [1.165, 1.54) is 10.1 Å². The molecule has 7 heteroatoms. The van der Waals surface area contributed by atoms with Crippen molar-refractivity contribution in [2.75, 3.05) is 0 Å². The molecule has 3 heterocycles. The highest BCUT2D eigenvalue weighted by Gasteiger charge is 2.11. The third-order valence-corrected chi connectivity index (χ3v) is 5.10. The molecule has 154 valence electrons. The van der Waals surface area contributed by atoms with Crippen LogP contribution in [-0.2, 0) is 17.9 Å². The maximum absolute atomic E-state index is 12.8. The number of rotatable bonds is 7. The zero-order valence-corrected chi connectivity index (χ0v) is 17.0. The number of hydrogen-bond acceptors (Lipinski definition) is 4. The fraction of sp³-hybridized carbons (Fsp3) is 0.261. The molecule has 1 aromatic carbocycles. The highest BCUT2D eigenvalue weighted by molar-refractivity contribution is 5.75. The molecule has 4 aromatic rings. The number of amides is 1. The Bertz CT molecular complexity index is 1200. The van der Waals surface area contributed by atoms with E-state index >= 15 is 0 Å². The van der Waals surface area contributed by atoms with Gasteiger partial charge in [-0.05, 0) is 29.7 Å². The van der Waals surface area contributed by atoms with Crippen LogP contribution in [0.1, 0.15) is 37.5 Å². The fourth-order valence-electron chi connectivity index (χ4n) is 3.29. The van der Waals surface area contributed by atoms with E-state index in [1.54, 1.807) is 41.4 Å². The number of nitrogens with one attached hydrogen (secondary N) is 1. The van der Waals surface area contributed by atoms with Gasteiger partial charge in [0.2, 0.25) is 5.91 Å². The van der Waals surface area contributed by atoms with E-state index in [1.807, 2.05) is 12.1 Å². The number of carbonyl (C=O) groups excluding carboxylic acids is 1. The average Bonchev–Trinajstić information content (AvgIpc) is 3.42. The molecule has 0 unspecified atom stereocenters. The number of furan rings is 1. The minimum atomic E-state index is -0.172. The summed E-state index contributed by atoms with van der Waals surface area (Å²) in [6.45, 7) is 4.93. The van der Waals surface area contributed by atoms with Crippen molar-refractivity contribution in [3.63, 3.8) is 0 Å². The molecule has 1 N–H and O–H groups in total. The number of carbonyl (C=O) groups is 1. The third-order valence-electron chi connectivity index (χ3n) is 5.10. The first-order valence-electron chi connectivity index (χ1n) is 9.99. The molecule has 0 radical (unpaired) electrons. The highest BCUT2D eigenvalue weighted by Crippen LogP contribution is 2.22. The van der Waals surface area contributed by atoms with Gasteiger partial charge >= 0.3 is 0 Å². The number of nitrogens with zero attached hydrogens (tertiary/aromatic N) is 3. The Morgan fingerprint density at radius 1 is 1.17 bits per heavy atom. The molecule has 7 nitrogen and oxygen atoms in total. The summed E-state index contributed by atoms with van der Waals surface area (Å²) < 4.78 is 8.31. The van der Waals surface area contributed by atoms with Crippen LogP contribution in [0.15, 0.2) is 70.3 Å². The van der Waals surface area contributed by atoms with Crippen LogP contribution < -0.4 is 10.9 Å². The van der Waals surface area contributed by atoms with E-state index in [2.05, 4.69) is 36.4 Å². The van der Waals surface area contributed by atoms with E-state index in [4.69, 9.17) is 4.42 Å². The van der Waals surface area contributed by atoms with E-state index in [-0.39, 0.29) is 17.9 Å². The van der Waals surface area contributed by atoms with E-state index < -0.39 is 0 Å². The minimum absolute atomic E-state index is 0.141. The SMILES string of the molecule is CC(C)c1ccc(-c2cc3c(=O)n(CCC(=O)NCc4ccco4)ccn3n2)cc1. The second kappa shape index (κ2) is 8.41. The first kappa shape index (κ1) is 19.7. The van der Waals surface area contributed by atoms with Crippen LogP contribution in [0.5, 0.6) is 0 Å². The summed E-state index contributed by atoms with van der Waals surface area (Å²) in [5.41, 5.74) is 3.28. The largest absolute Gasteiger partial charge is 0.467 e. The summed E-state index contributed by atoms with van der Waals surface area (Å²) in [5, 5.41) is 7.31. The zero-order valence-electron chi connectivity index (χ0n) is 17.0. The molecule has 0 fully saturated rings. The quantitative estimate of drug-likeness (QED) is 0.510. The Balaban J connectivity index is 1.47. The average molecular weight is 404 g/mol. The van der Waals surface area contributed by atoms with Gasteiger partial charge < -0.3 is 14.3 Å². The maximum atomic E-state index is 12.8. The summed E-state index contributed by atoms with van der Waals surface area (Å²) in [6, 6.07) is 13.6. The van der Waals surface area contributed by atoms with Crippen LogP contribution in [0, 0.1) is 0 Å². The van der Waals surface area contributed by atoms with Crippen molar-refractivity contribution in [2.45, 2.75) is 39.3 Å². The predicted molar refractivity (Wildman–Crippen MR) is 114 cm³/mol. The van der Waals surface area contributed by atoms with Gasteiger partial charge in [0, 0.05) is 30.9 Å². The molecule has 0 aliphatic carbocycles. The minimum Gasteiger partial charge on any atom is -0.467 e. The molecule has 0 spiro atoms. The number of aromatic nitrogens is 3. The molecule has 0 aliphatic rings. The molecule has 0 bridgehead atoms. The van der Waals surface area contributed by atoms with Gasteiger partial charge in [-0.2, -0.15) is 5.10 Å². The van der Waals surface area contributed by atoms with Gasteiger partial charge in [0.25, 0.3) is 5.56 Å². The standard InChI is InChI=1S/C23H24N4O3/c1-16(2)17-5-7-18(8-6-17)20-14-21-23(29)26(11-12-27(21)25-20)10-9-22(28)24-15-19-4-3-13-30-19/h3-8,11-14,16H,9-10,15H2,1-2H3,(H,24,28). The van der Waals surface area contributed by atoms with E-state index in [0.29, 0.717) is 30.3 Å². The molecule has 3 aromatic heterocycles. The maximum Gasteiger partial charge on any atom is 0.276 e. The molecule has 0 saturated carbocycles. The van der Waals surface area contributed by atoms with Gasteiger partial charge in [-0.15, -0.1) is 0 Å². The van der Waals surface area contributed by atoms with Crippen molar-refractivity contribution in [1.82, 2.24) is 19.5 Å². The lowest BCUT2D eigenvalue weighted by molar-refractivity contribution is -0.121. The Morgan fingerprint density at radius 2 is 1.97 bits per heavy atom. The first-order valence-corrected chi connectivity index (χ1v) is 9.99. The van der Waals surface area contributed by atoms with Crippen LogP contribution in [0.25, 0.3) is 16.8 Å². The molecular formula is C23H24N4O3. The Labute approximate surface area is 174 Å². The Kier molecular flexibility index (Phi) is 5.52. The van der Waals surface area contributed by atoms with Gasteiger partial charge in [0.1, 0.15) is 11.3 Å². The smallest absolute Gasteiger partial charge is 0.276 e. The van der Waals surface area contributed by atoms with Crippen molar-refractivity contribution < 1.29 is 9.21 Å². The Hall–Kier alpha value is -3.61.